The van der Waals surface area contributed by atoms with Crippen molar-refractivity contribution in [1.82, 2.24) is 14.8 Å². The highest BCUT2D eigenvalue weighted by atomic mass is 15.3. The lowest BCUT2D eigenvalue weighted by molar-refractivity contribution is 0.284. The lowest BCUT2D eigenvalue weighted by atomic mass is 9.89. The maximum atomic E-state index is 5.76. The molecule has 4 unspecified atom stereocenters. The molecular formula is C12H20N4. The van der Waals surface area contributed by atoms with Crippen molar-refractivity contribution in [3.05, 3.63) is 12.2 Å². The Morgan fingerprint density at radius 1 is 1.50 bits per heavy atom. The lowest BCUT2D eigenvalue weighted by Gasteiger charge is -2.20. The summed E-state index contributed by atoms with van der Waals surface area (Å²) in [6, 6.07) is -0.0544. The van der Waals surface area contributed by atoms with Crippen LogP contribution in [0.5, 0.6) is 0 Å². The summed E-state index contributed by atoms with van der Waals surface area (Å²) >= 11 is 0. The quantitative estimate of drug-likeness (QED) is 0.844. The van der Waals surface area contributed by atoms with Crippen LogP contribution in [0, 0.1) is 17.8 Å². The maximum Gasteiger partial charge on any atom is 0.166 e. The first-order valence-electron chi connectivity index (χ1n) is 6.37. The van der Waals surface area contributed by atoms with E-state index in [-0.39, 0.29) is 6.04 Å². The number of aromatic nitrogens is 3. The molecule has 0 radical (unpaired) electrons. The van der Waals surface area contributed by atoms with Crippen molar-refractivity contribution in [2.75, 3.05) is 0 Å². The number of hydrogen-bond acceptors (Lipinski definition) is 3. The van der Waals surface area contributed by atoms with Crippen molar-refractivity contribution in [1.29, 1.82) is 0 Å². The SMILES string of the molecule is CC(N)c1ncn(CC2CC3CCC2C3)n1. The molecule has 0 spiro atoms. The Kier molecular flexibility index (Phi) is 2.46. The molecule has 4 atom stereocenters. The molecule has 2 aliphatic rings. The molecule has 2 bridgehead atoms. The van der Waals surface area contributed by atoms with Crippen LogP contribution >= 0.6 is 0 Å². The molecule has 1 aromatic rings. The Hall–Kier alpha value is -0.900. The summed E-state index contributed by atoms with van der Waals surface area (Å²) in [7, 11) is 0. The molecule has 2 saturated carbocycles. The van der Waals surface area contributed by atoms with Gasteiger partial charge in [0.1, 0.15) is 6.33 Å². The van der Waals surface area contributed by atoms with Crippen molar-refractivity contribution in [3.8, 4) is 0 Å². The Balaban J connectivity index is 1.65. The molecule has 2 aliphatic carbocycles. The predicted molar refractivity (Wildman–Crippen MR) is 61.6 cm³/mol. The van der Waals surface area contributed by atoms with Crippen molar-refractivity contribution in [2.45, 2.75) is 45.2 Å². The van der Waals surface area contributed by atoms with E-state index >= 15 is 0 Å². The zero-order valence-electron chi connectivity index (χ0n) is 9.84. The van der Waals surface area contributed by atoms with E-state index in [0.29, 0.717) is 0 Å². The summed E-state index contributed by atoms with van der Waals surface area (Å²) in [6.45, 7) is 2.97. The number of rotatable bonds is 3. The molecule has 2 N–H and O–H groups in total. The van der Waals surface area contributed by atoms with Crippen molar-refractivity contribution in [3.63, 3.8) is 0 Å². The highest BCUT2D eigenvalue weighted by Crippen LogP contribution is 2.48. The zero-order chi connectivity index (χ0) is 11.1. The van der Waals surface area contributed by atoms with E-state index in [0.717, 1.165) is 30.1 Å². The third-order valence-corrected chi connectivity index (χ3v) is 4.27. The largest absolute Gasteiger partial charge is 0.321 e. The van der Waals surface area contributed by atoms with Gasteiger partial charge in [0.15, 0.2) is 5.82 Å². The predicted octanol–water partition coefficient (Wildman–Crippen LogP) is 1.73. The second kappa shape index (κ2) is 3.84. The van der Waals surface area contributed by atoms with E-state index in [1.54, 1.807) is 0 Å². The van der Waals surface area contributed by atoms with Gasteiger partial charge in [-0.15, -0.1) is 0 Å². The van der Waals surface area contributed by atoms with Gasteiger partial charge in [0.2, 0.25) is 0 Å². The van der Waals surface area contributed by atoms with Gasteiger partial charge in [-0.2, -0.15) is 5.10 Å². The molecule has 0 amide bonds. The Morgan fingerprint density at radius 3 is 2.94 bits per heavy atom. The third-order valence-electron chi connectivity index (χ3n) is 4.27. The smallest absolute Gasteiger partial charge is 0.166 e. The summed E-state index contributed by atoms with van der Waals surface area (Å²) in [5.41, 5.74) is 5.76. The summed E-state index contributed by atoms with van der Waals surface area (Å²) in [4.78, 5) is 4.25. The Morgan fingerprint density at radius 2 is 2.38 bits per heavy atom. The fraction of sp³-hybridized carbons (Fsp3) is 0.833. The van der Waals surface area contributed by atoms with Crippen molar-refractivity contribution >= 4 is 0 Å². The van der Waals surface area contributed by atoms with Crippen LogP contribution in [0.15, 0.2) is 6.33 Å². The Labute approximate surface area is 96.2 Å². The molecule has 0 saturated heterocycles. The topological polar surface area (TPSA) is 56.7 Å². The van der Waals surface area contributed by atoms with Gasteiger partial charge in [0.05, 0.1) is 6.04 Å². The highest BCUT2D eigenvalue weighted by molar-refractivity contribution is 4.92. The third kappa shape index (κ3) is 1.75. The van der Waals surface area contributed by atoms with Crippen LogP contribution < -0.4 is 5.73 Å². The van der Waals surface area contributed by atoms with Crippen LogP contribution in [-0.2, 0) is 6.54 Å². The minimum atomic E-state index is -0.0544. The van der Waals surface area contributed by atoms with Gasteiger partial charge in [0, 0.05) is 6.54 Å². The first-order valence-corrected chi connectivity index (χ1v) is 6.37. The molecule has 0 aliphatic heterocycles. The monoisotopic (exact) mass is 220 g/mol. The molecule has 4 nitrogen and oxygen atoms in total. The zero-order valence-corrected chi connectivity index (χ0v) is 9.84. The van der Waals surface area contributed by atoms with Crippen LogP contribution in [0.3, 0.4) is 0 Å². The number of nitrogens with two attached hydrogens (primary N) is 1. The van der Waals surface area contributed by atoms with Gasteiger partial charge >= 0.3 is 0 Å². The minimum Gasteiger partial charge on any atom is -0.321 e. The molecule has 16 heavy (non-hydrogen) atoms. The molecule has 1 aromatic heterocycles. The molecule has 4 heteroatoms. The van der Waals surface area contributed by atoms with E-state index in [1.165, 1.54) is 25.7 Å². The van der Waals surface area contributed by atoms with E-state index in [9.17, 15) is 0 Å². The van der Waals surface area contributed by atoms with Crippen LogP contribution in [0.4, 0.5) is 0 Å². The lowest BCUT2D eigenvalue weighted by Crippen LogP contribution is -2.18. The van der Waals surface area contributed by atoms with Crippen LogP contribution in [0.1, 0.15) is 44.5 Å². The summed E-state index contributed by atoms with van der Waals surface area (Å²) in [6.07, 6.45) is 7.59. The molecule has 0 aromatic carbocycles. The fourth-order valence-corrected chi connectivity index (χ4v) is 3.45. The fourth-order valence-electron chi connectivity index (χ4n) is 3.45. The van der Waals surface area contributed by atoms with E-state index in [4.69, 9.17) is 5.73 Å². The van der Waals surface area contributed by atoms with Crippen molar-refractivity contribution < 1.29 is 0 Å². The van der Waals surface area contributed by atoms with Crippen LogP contribution in [0.2, 0.25) is 0 Å². The average molecular weight is 220 g/mol. The van der Waals surface area contributed by atoms with Crippen molar-refractivity contribution in [2.24, 2.45) is 23.5 Å². The van der Waals surface area contributed by atoms with E-state index in [2.05, 4.69) is 10.1 Å². The second-order valence-electron chi connectivity index (χ2n) is 5.55. The van der Waals surface area contributed by atoms with Gasteiger partial charge in [-0.1, -0.05) is 6.42 Å². The van der Waals surface area contributed by atoms with Gasteiger partial charge in [-0.25, -0.2) is 4.98 Å². The Bertz CT molecular complexity index is 371. The minimum absolute atomic E-state index is 0.0544. The van der Waals surface area contributed by atoms with E-state index < -0.39 is 0 Å². The van der Waals surface area contributed by atoms with Gasteiger partial charge in [0.25, 0.3) is 0 Å². The molecule has 88 valence electrons. The average Bonchev–Trinajstić information content (AvgIpc) is 2.91. The summed E-state index contributed by atoms with van der Waals surface area (Å²) in [5.74, 6) is 3.56. The first kappa shape index (κ1) is 10.3. The highest BCUT2D eigenvalue weighted by Gasteiger charge is 2.39. The van der Waals surface area contributed by atoms with Gasteiger partial charge < -0.3 is 5.73 Å². The van der Waals surface area contributed by atoms with E-state index in [1.807, 2.05) is 17.9 Å². The summed E-state index contributed by atoms with van der Waals surface area (Å²) in [5, 5.41) is 4.44. The number of fused-ring (bicyclic) bond motifs is 2. The van der Waals surface area contributed by atoms with Crippen LogP contribution in [-0.4, -0.2) is 14.8 Å². The number of nitrogens with zero attached hydrogens (tertiary/aromatic N) is 3. The van der Waals surface area contributed by atoms with Gasteiger partial charge in [-0.05, 0) is 43.9 Å². The number of hydrogen-bond donors (Lipinski definition) is 1. The second-order valence-corrected chi connectivity index (χ2v) is 5.55. The molecule has 2 fully saturated rings. The maximum absolute atomic E-state index is 5.76. The van der Waals surface area contributed by atoms with Crippen LogP contribution in [0.25, 0.3) is 0 Å². The molecule has 3 rings (SSSR count). The van der Waals surface area contributed by atoms with Gasteiger partial charge in [-0.3, -0.25) is 4.68 Å². The normalized spacial score (nSPS) is 34.5. The first-order chi connectivity index (χ1) is 7.72. The molecular weight excluding hydrogens is 200 g/mol. The standard InChI is InChI=1S/C12H20N4/c1-8(13)12-14-7-16(15-12)6-11-5-9-2-3-10(11)4-9/h7-11H,2-6,13H2,1H3. The molecule has 1 heterocycles. The summed E-state index contributed by atoms with van der Waals surface area (Å²) < 4.78 is 1.99.